The molecule has 10 nitrogen and oxygen atoms in total. The largest absolute Gasteiger partial charge is 0.341 e. The van der Waals surface area contributed by atoms with Crippen LogP contribution in [-0.4, -0.2) is 66.1 Å². The molecule has 1 aromatic heterocycles. The molecule has 3 aliphatic rings. The minimum absolute atomic E-state index is 0.209. The summed E-state index contributed by atoms with van der Waals surface area (Å²) in [6.07, 6.45) is 9.26. The number of hydrogen-bond donors (Lipinski definition) is 4. The molecular formula is C25H34N8O2. The molecule has 0 spiro atoms. The summed E-state index contributed by atoms with van der Waals surface area (Å²) in [6, 6.07) is 5.75. The van der Waals surface area contributed by atoms with Crippen LogP contribution in [0.15, 0.2) is 24.4 Å². The van der Waals surface area contributed by atoms with Crippen LogP contribution in [0.5, 0.6) is 0 Å². The van der Waals surface area contributed by atoms with Gasteiger partial charge in [0.05, 0.1) is 11.4 Å². The van der Waals surface area contributed by atoms with Crippen LogP contribution in [0.4, 0.5) is 33.6 Å². The lowest BCUT2D eigenvalue weighted by Gasteiger charge is -2.35. The standard InChI is InChI=1S/C25H34N8O2/c1-32-12-10-18(11-13-32)33(2)24-26-15-19-22(31-24)29-21-14-17(8-9-20(21)30-23(19)34)28-25(35)27-16-6-4-3-5-7-16/h8-9,14-16,18H,3-7,10-13H2,1-2H3,(H,30,34)(H,26,29,31)(H2,27,28,35). The SMILES string of the molecule is CN1CCC(N(C)c2ncc3c(n2)Nc2cc(NC(=O)NC4CCCCC4)ccc2NC3=O)CC1. The topological polar surface area (TPSA) is 115 Å². The van der Waals surface area contributed by atoms with Gasteiger partial charge in [-0.25, -0.2) is 9.78 Å². The maximum absolute atomic E-state index is 12.8. The third-order valence-corrected chi connectivity index (χ3v) is 7.29. The zero-order valence-corrected chi connectivity index (χ0v) is 20.4. The third-order valence-electron chi connectivity index (χ3n) is 7.29. The van der Waals surface area contributed by atoms with Gasteiger partial charge in [-0.2, -0.15) is 4.98 Å². The van der Waals surface area contributed by atoms with Crippen molar-refractivity contribution >= 4 is 40.8 Å². The molecule has 0 atom stereocenters. The van der Waals surface area contributed by atoms with Crippen molar-refractivity contribution in [3.05, 3.63) is 30.0 Å². The fourth-order valence-corrected chi connectivity index (χ4v) is 5.10. The molecule has 3 amide bonds. The number of hydrogen-bond acceptors (Lipinski definition) is 7. The van der Waals surface area contributed by atoms with E-state index in [1.165, 1.54) is 6.42 Å². The monoisotopic (exact) mass is 478 g/mol. The second-order valence-corrected chi connectivity index (χ2v) is 9.85. The van der Waals surface area contributed by atoms with Crippen molar-refractivity contribution in [1.82, 2.24) is 20.2 Å². The van der Waals surface area contributed by atoms with Crippen molar-refractivity contribution in [2.75, 3.05) is 48.0 Å². The highest BCUT2D eigenvalue weighted by atomic mass is 16.2. The molecule has 1 saturated carbocycles. The van der Waals surface area contributed by atoms with Gasteiger partial charge in [-0.3, -0.25) is 4.79 Å². The Kier molecular flexibility index (Phi) is 6.72. The summed E-state index contributed by atoms with van der Waals surface area (Å²) in [5.74, 6) is 0.772. The van der Waals surface area contributed by atoms with Crippen molar-refractivity contribution in [2.45, 2.75) is 57.0 Å². The number of likely N-dealkylation sites (tertiary alicyclic amines) is 1. The van der Waals surface area contributed by atoms with Crippen molar-refractivity contribution in [2.24, 2.45) is 0 Å². The Morgan fingerprint density at radius 1 is 1.09 bits per heavy atom. The van der Waals surface area contributed by atoms with E-state index in [4.69, 9.17) is 4.98 Å². The number of anilines is 5. The molecule has 1 aromatic carbocycles. The van der Waals surface area contributed by atoms with E-state index in [0.29, 0.717) is 40.4 Å². The number of rotatable bonds is 4. The van der Waals surface area contributed by atoms with E-state index >= 15 is 0 Å². The number of amides is 3. The highest BCUT2D eigenvalue weighted by Gasteiger charge is 2.26. The molecule has 35 heavy (non-hydrogen) atoms. The summed E-state index contributed by atoms with van der Waals surface area (Å²) >= 11 is 0. The van der Waals surface area contributed by atoms with Crippen molar-refractivity contribution in [1.29, 1.82) is 0 Å². The Balaban J connectivity index is 1.32. The molecule has 1 aliphatic carbocycles. The summed E-state index contributed by atoms with van der Waals surface area (Å²) in [5, 5.41) is 12.2. The van der Waals surface area contributed by atoms with Crippen LogP contribution in [0.25, 0.3) is 0 Å². The molecule has 2 aliphatic heterocycles. The summed E-state index contributed by atoms with van der Waals surface area (Å²) < 4.78 is 0. The Bertz CT molecular complexity index is 1090. The first-order valence-corrected chi connectivity index (χ1v) is 12.5. The van der Waals surface area contributed by atoms with Gasteiger partial charge in [-0.05, 0) is 64.0 Å². The van der Waals surface area contributed by atoms with Crippen LogP contribution in [0.3, 0.4) is 0 Å². The predicted octanol–water partition coefficient (Wildman–Crippen LogP) is 3.77. The average Bonchev–Trinajstić information content (AvgIpc) is 2.99. The van der Waals surface area contributed by atoms with E-state index < -0.39 is 0 Å². The van der Waals surface area contributed by atoms with Crippen LogP contribution in [0, 0.1) is 0 Å². The summed E-state index contributed by atoms with van der Waals surface area (Å²) in [6.45, 7) is 2.08. The Morgan fingerprint density at radius 2 is 1.86 bits per heavy atom. The van der Waals surface area contributed by atoms with Gasteiger partial charge < -0.3 is 31.1 Å². The van der Waals surface area contributed by atoms with Crippen LogP contribution in [-0.2, 0) is 0 Å². The van der Waals surface area contributed by atoms with Gasteiger partial charge in [-0.15, -0.1) is 0 Å². The highest BCUT2D eigenvalue weighted by molar-refractivity contribution is 6.11. The van der Waals surface area contributed by atoms with E-state index in [0.717, 1.165) is 51.6 Å². The Labute approximate surface area is 205 Å². The van der Waals surface area contributed by atoms with Crippen LogP contribution < -0.4 is 26.2 Å². The molecule has 3 heterocycles. The average molecular weight is 479 g/mol. The van der Waals surface area contributed by atoms with Gasteiger partial charge in [-0.1, -0.05) is 19.3 Å². The molecule has 0 unspecified atom stereocenters. The number of carbonyl (C=O) groups is 2. The molecule has 4 N–H and O–H groups in total. The van der Waals surface area contributed by atoms with Gasteiger partial charge in [0.15, 0.2) is 0 Å². The summed E-state index contributed by atoms with van der Waals surface area (Å²) in [4.78, 5) is 39.0. The lowest BCUT2D eigenvalue weighted by Crippen LogP contribution is -2.42. The van der Waals surface area contributed by atoms with E-state index in [1.807, 2.05) is 13.1 Å². The quantitative estimate of drug-likeness (QED) is 0.529. The van der Waals surface area contributed by atoms with Crippen molar-refractivity contribution in [3.63, 3.8) is 0 Å². The summed E-state index contributed by atoms with van der Waals surface area (Å²) in [5.41, 5.74) is 2.31. The van der Waals surface area contributed by atoms with Crippen LogP contribution in [0.1, 0.15) is 55.3 Å². The molecular weight excluding hydrogens is 444 g/mol. The second kappa shape index (κ2) is 10.1. The van der Waals surface area contributed by atoms with Gasteiger partial charge >= 0.3 is 6.03 Å². The van der Waals surface area contributed by atoms with E-state index in [2.05, 4.69) is 43.1 Å². The van der Waals surface area contributed by atoms with Crippen LogP contribution >= 0.6 is 0 Å². The van der Waals surface area contributed by atoms with Crippen molar-refractivity contribution < 1.29 is 9.59 Å². The maximum Gasteiger partial charge on any atom is 0.319 e. The Hall–Kier alpha value is -3.40. The first kappa shape index (κ1) is 23.3. The number of nitrogens with zero attached hydrogens (tertiary/aromatic N) is 4. The lowest BCUT2D eigenvalue weighted by atomic mass is 9.96. The first-order valence-electron chi connectivity index (χ1n) is 12.5. The lowest BCUT2D eigenvalue weighted by molar-refractivity contribution is 0.102. The van der Waals surface area contributed by atoms with Gasteiger partial charge in [0.25, 0.3) is 5.91 Å². The highest BCUT2D eigenvalue weighted by Crippen LogP contribution is 2.34. The molecule has 2 aromatic rings. The molecule has 2 fully saturated rings. The van der Waals surface area contributed by atoms with E-state index in [9.17, 15) is 9.59 Å². The third kappa shape index (κ3) is 5.32. The molecule has 186 valence electrons. The molecule has 10 heteroatoms. The van der Waals surface area contributed by atoms with Gasteiger partial charge in [0.2, 0.25) is 5.95 Å². The Morgan fingerprint density at radius 3 is 2.63 bits per heavy atom. The minimum Gasteiger partial charge on any atom is -0.341 e. The second-order valence-electron chi connectivity index (χ2n) is 9.85. The van der Waals surface area contributed by atoms with E-state index in [1.54, 1.807) is 18.3 Å². The van der Waals surface area contributed by atoms with Gasteiger partial charge in [0.1, 0.15) is 11.4 Å². The van der Waals surface area contributed by atoms with Crippen LogP contribution in [0.2, 0.25) is 0 Å². The smallest absolute Gasteiger partial charge is 0.319 e. The summed E-state index contributed by atoms with van der Waals surface area (Å²) in [7, 11) is 4.15. The first-order chi connectivity index (χ1) is 17.0. The number of fused-ring (bicyclic) bond motifs is 2. The molecule has 0 bridgehead atoms. The van der Waals surface area contributed by atoms with Crippen molar-refractivity contribution in [3.8, 4) is 0 Å². The zero-order valence-electron chi connectivity index (χ0n) is 20.4. The predicted molar refractivity (Wildman–Crippen MR) is 138 cm³/mol. The zero-order chi connectivity index (χ0) is 24.4. The van der Waals surface area contributed by atoms with Gasteiger partial charge in [0, 0.05) is 31.0 Å². The number of urea groups is 1. The number of carbonyl (C=O) groups excluding carboxylic acids is 2. The van der Waals surface area contributed by atoms with E-state index in [-0.39, 0.29) is 18.0 Å². The normalized spacial score (nSPS) is 19.0. The maximum atomic E-state index is 12.8. The fourth-order valence-electron chi connectivity index (χ4n) is 5.10. The fraction of sp³-hybridized carbons (Fsp3) is 0.520. The number of benzene rings is 1. The molecule has 1 saturated heterocycles. The number of aromatic nitrogens is 2. The number of nitrogens with one attached hydrogen (secondary N) is 4. The molecule has 0 radical (unpaired) electrons. The molecule has 5 rings (SSSR count). The minimum atomic E-state index is -0.268. The number of piperidine rings is 1.